The Hall–Kier alpha value is -5.18. The van der Waals surface area contributed by atoms with E-state index in [2.05, 4.69) is 131 Å². The molecule has 0 atom stereocenters. The molecule has 0 unspecified atom stereocenters. The number of pyridine rings is 1. The van der Waals surface area contributed by atoms with Crippen LogP contribution in [0.5, 0.6) is 5.75 Å². The minimum atomic E-state index is -8.55. The molecule has 0 amide bonds. The average Bonchev–Trinajstić information content (AvgIpc) is 3.79. The minimum Gasteiger partial charge on any atom is -1.00 e. The van der Waals surface area contributed by atoms with Crippen molar-refractivity contribution in [3.8, 4) is 5.75 Å². The predicted octanol–water partition coefficient (Wildman–Crippen LogP) is 10.4. The molecule has 3 aromatic carbocycles. The maximum atomic E-state index is 9.84. The number of unbranched alkanes of at least 4 members (excludes halogenated alkanes) is 1. The quantitative estimate of drug-likeness (QED) is 0.0515. The standard InChI is InChI=1S/C51H61N3O3.F5P.F4P.3FH/c1-9-10-30-53-45-25-19-37(2)33-43(45)50(4,5)47(53)27-23-40-21-22-41(49(40)57-42-18-14-29-52(35-42)56-36-39-16-12-11-13-17-39)24-28-48-51(6,7)44-34-38(3)20-26-46(44)54(48)31-15-32-55-8;1-6(2,3,4)5;1-5(2,3)4;;;/h11-14,16-20,23-29,33-35H,9-10,15,21-22,30-32,36H2,1-8H3;;;3*1H/q+2;;+1;;;/p-2. The maximum Gasteiger partial charge on any atom is 0.755 e. The number of nitrogens with zero attached hydrogens (tertiary/aromatic N) is 3. The Morgan fingerprint density at radius 2 is 1.39 bits per heavy atom. The van der Waals surface area contributed by atoms with Crippen LogP contribution in [0.25, 0.3) is 0 Å². The molecule has 71 heavy (non-hydrogen) atoms. The summed E-state index contributed by atoms with van der Waals surface area (Å²) < 4.78 is 105. The van der Waals surface area contributed by atoms with E-state index in [0.29, 0.717) is 6.61 Å². The molecular weight excluding hydrogens is 993 g/mol. The van der Waals surface area contributed by atoms with Crippen molar-refractivity contribution in [1.82, 2.24) is 0 Å². The number of anilines is 1. The third-order valence-corrected chi connectivity index (χ3v) is 11.9. The number of aromatic nitrogens is 1. The number of hydrogen-bond donors (Lipinski definition) is 0. The molecule has 20 heteroatoms. The van der Waals surface area contributed by atoms with Crippen molar-refractivity contribution in [3.63, 3.8) is 0 Å². The van der Waals surface area contributed by atoms with E-state index in [-0.39, 0.29) is 24.9 Å². The van der Waals surface area contributed by atoms with Gasteiger partial charge in [0.25, 0.3) is 6.20 Å². The number of hydrogen-bond acceptors (Lipinski definition) is 4. The first kappa shape index (κ1) is 61.9. The van der Waals surface area contributed by atoms with Crippen molar-refractivity contribution >= 4 is 33.7 Å². The SMILES string of the molecule is CCCCN1/C(=C/C=C2CCC(/C=C/C3=[N+](CCCOC)c4ccc(C)cc4C3(C)C)=C2Oc2ccc[n+](OCc3ccccc3)c2)C(C)(C)c2cc(C)ccc21.F.FP(F)(F)(F)F.F[P+](F)(F)F.[F-].[F-]. The number of rotatable bonds is 15. The van der Waals surface area contributed by atoms with Crippen LogP contribution in [0.3, 0.4) is 0 Å². The number of halogens is 12. The molecule has 1 aliphatic carbocycles. The Bertz CT molecular complexity index is 2550. The Kier molecular flexibility index (Phi) is 22.2. The Morgan fingerprint density at radius 1 is 0.775 bits per heavy atom. The van der Waals surface area contributed by atoms with Gasteiger partial charge in [0.2, 0.25) is 11.9 Å². The zero-order valence-electron chi connectivity index (χ0n) is 40.9. The molecule has 0 fully saturated rings. The van der Waals surface area contributed by atoms with E-state index in [4.69, 9.17) is 14.3 Å². The molecule has 3 heterocycles. The van der Waals surface area contributed by atoms with Gasteiger partial charge in [-0.25, -0.2) is 0 Å². The Balaban J connectivity index is 0.00000111. The Labute approximate surface area is 409 Å². The topological polar surface area (TPSA) is 37.8 Å². The molecule has 0 spiro atoms. The van der Waals surface area contributed by atoms with Gasteiger partial charge in [-0.15, -0.1) is 0 Å². The zero-order chi connectivity index (χ0) is 50.1. The zero-order valence-corrected chi connectivity index (χ0v) is 42.6. The van der Waals surface area contributed by atoms with E-state index >= 15 is 0 Å². The Morgan fingerprint density at radius 3 is 2.01 bits per heavy atom. The smallest absolute Gasteiger partial charge is 0.755 e. The summed E-state index contributed by atoms with van der Waals surface area (Å²) in [6.07, 6.45) is 18.3. The fourth-order valence-electron chi connectivity index (χ4n) is 8.67. The van der Waals surface area contributed by atoms with Gasteiger partial charge in [-0.3, -0.25) is 9.54 Å². The molecule has 3 aliphatic rings. The third-order valence-electron chi connectivity index (χ3n) is 11.9. The van der Waals surface area contributed by atoms with Crippen LogP contribution in [0.2, 0.25) is 0 Å². The summed E-state index contributed by atoms with van der Waals surface area (Å²) in [5.41, 5.74) is 13.8. The van der Waals surface area contributed by atoms with Crippen molar-refractivity contribution in [2.45, 2.75) is 98.0 Å². The fraction of sp³-hybridized carbons (Fsp3) is 0.373. The van der Waals surface area contributed by atoms with E-state index in [1.807, 2.05) is 42.7 Å². The molecule has 0 saturated heterocycles. The van der Waals surface area contributed by atoms with Crippen molar-refractivity contribution in [2.75, 3.05) is 31.7 Å². The summed E-state index contributed by atoms with van der Waals surface area (Å²) in [7, 11) is -13.2. The van der Waals surface area contributed by atoms with E-state index < -0.39 is 16.7 Å². The van der Waals surface area contributed by atoms with Crippen LogP contribution in [-0.2, 0) is 22.2 Å². The molecular formula is C51H62F12N3O3P2+. The molecule has 0 bridgehead atoms. The van der Waals surface area contributed by atoms with Crippen LogP contribution in [0, 0.1) is 13.8 Å². The summed E-state index contributed by atoms with van der Waals surface area (Å²) in [5, 5.41) is 0. The molecule has 2 aliphatic heterocycles. The van der Waals surface area contributed by atoms with Crippen LogP contribution in [0.15, 0.2) is 138 Å². The number of allylic oxidation sites excluding steroid dienone is 7. The van der Waals surface area contributed by atoms with Crippen molar-refractivity contribution in [2.24, 2.45) is 0 Å². The number of ether oxygens (including phenoxy) is 2. The van der Waals surface area contributed by atoms with Crippen molar-refractivity contribution in [3.05, 3.63) is 166 Å². The van der Waals surface area contributed by atoms with Gasteiger partial charge >= 0.3 is 37.6 Å². The molecule has 1 aromatic heterocycles. The number of fused-ring (bicyclic) bond motifs is 2. The maximum absolute atomic E-state index is 9.84. The number of benzene rings is 3. The van der Waals surface area contributed by atoms with Crippen LogP contribution in [0.1, 0.15) is 94.5 Å². The van der Waals surface area contributed by atoms with Crippen LogP contribution >= 0.6 is 16.7 Å². The van der Waals surface area contributed by atoms with Gasteiger partial charge in [-0.1, -0.05) is 92.9 Å². The second-order valence-electron chi connectivity index (χ2n) is 17.9. The van der Waals surface area contributed by atoms with Crippen LogP contribution < -0.4 is 28.6 Å². The summed E-state index contributed by atoms with van der Waals surface area (Å²) in [4.78, 5) is 8.71. The summed E-state index contributed by atoms with van der Waals surface area (Å²) in [5.74, 6) is 1.65. The summed E-state index contributed by atoms with van der Waals surface area (Å²) in [6.45, 7) is 19.2. The monoisotopic (exact) mass is 1050 g/mol. The molecule has 392 valence electrons. The van der Waals surface area contributed by atoms with E-state index in [9.17, 15) is 37.8 Å². The average molecular weight is 1050 g/mol. The van der Waals surface area contributed by atoms with Gasteiger partial charge in [0.05, 0.1) is 28.8 Å². The molecule has 0 saturated carbocycles. The van der Waals surface area contributed by atoms with Gasteiger partial charge in [0.1, 0.15) is 5.76 Å². The molecule has 0 N–H and O–H groups in total. The van der Waals surface area contributed by atoms with Gasteiger partial charge in [-0.2, -0.15) is 4.58 Å². The van der Waals surface area contributed by atoms with Gasteiger partial charge in [-0.05, 0) is 99.6 Å². The third kappa shape index (κ3) is 17.8. The molecule has 6 nitrogen and oxygen atoms in total. The van der Waals surface area contributed by atoms with E-state index in [0.717, 1.165) is 68.9 Å². The molecule has 4 aromatic rings. The largest absolute Gasteiger partial charge is 1.00 e. The van der Waals surface area contributed by atoms with Crippen LogP contribution in [-0.4, -0.2) is 37.1 Å². The van der Waals surface area contributed by atoms with Crippen LogP contribution in [0.4, 0.5) is 53.9 Å². The second kappa shape index (κ2) is 25.5. The fourth-order valence-corrected chi connectivity index (χ4v) is 8.67. The van der Waals surface area contributed by atoms with Crippen molar-refractivity contribution in [1.29, 1.82) is 0 Å². The second-order valence-corrected chi connectivity index (χ2v) is 19.9. The van der Waals surface area contributed by atoms with Gasteiger partial charge < -0.3 is 23.8 Å². The van der Waals surface area contributed by atoms with Gasteiger partial charge in [0, 0.05) is 65.4 Å². The van der Waals surface area contributed by atoms with E-state index in [1.165, 1.54) is 56.2 Å². The molecule has 0 radical (unpaired) electrons. The van der Waals surface area contributed by atoms with Crippen molar-refractivity contribution < 1.29 is 75.5 Å². The first-order valence-electron chi connectivity index (χ1n) is 22.4. The van der Waals surface area contributed by atoms with E-state index in [1.54, 1.807) is 11.8 Å². The minimum absolute atomic E-state index is 0. The first-order chi connectivity index (χ1) is 31.7. The number of methoxy groups -OCH3 is 1. The van der Waals surface area contributed by atoms with Gasteiger partial charge in [0.15, 0.2) is 24.6 Å². The first-order valence-corrected chi connectivity index (χ1v) is 25.4. The summed E-state index contributed by atoms with van der Waals surface area (Å²) >= 11 is 0. The number of aryl methyl sites for hydroxylation is 2. The molecule has 7 rings (SSSR count). The predicted molar refractivity (Wildman–Crippen MR) is 259 cm³/mol. The summed E-state index contributed by atoms with van der Waals surface area (Å²) in [6, 6.07) is 28.0. The normalized spacial score (nSPS) is 17.2.